The van der Waals surface area contributed by atoms with Crippen molar-refractivity contribution >= 4 is 11.6 Å². The summed E-state index contributed by atoms with van der Waals surface area (Å²) in [5.41, 5.74) is 1.53. The number of alkyl halides is 1. The summed E-state index contributed by atoms with van der Waals surface area (Å²) in [4.78, 5) is 0. The Kier molecular flexibility index (Phi) is 4.82. The highest BCUT2D eigenvalue weighted by Gasteiger charge is 2.15. The van der Waals surface area contributed by atoms with Crippen molar-refractivity contribution in [1.29, 1.82) is 0 Å². The zero-order valence-electron chi connectivity index (χ0n) is 8.55. The van der Waals surface area contributed by atoms with Crippen LogP contribution in [-0.4, -0.2) is 19.1 Å². The normalized spacial score (nSPS) is 25.5. The summed E-state index contributed by atoms with van der Waals surface area (Å²) >= 11 is 6.08. The standard InChI is InChI=1S/C11H19ClO/c1-9(6-7-13-2)10-4-3-5-11(12)8-10/h8-9,11H,3-7H2,1-2H3. The number of hydrogen-bond acceptors (Lipinski definition) is 1. The molecule has 1 nitrogen and oxygen atoms in total. The highest BCUT2D eigenvalue weighted by atomic mass is 35.5. The smallest absolute Gasteiger partial charge is 0.0518 e. The Morgan fingerprint density at radius 2 is 2.46 bits per heavy atom. The fraction of sp³-hybridized carbons (Fsp3) is 0.818. The van der Waals surface area contributed by atoms with Gasteiger partial charge >= 0.3 is 0 Å². The minimum atomic E-state index is 0.272. The highest BCUT2D eigenvalue weighted by Crippen LogP contribution is 2.28. The van der Waals surface area contributed by atoms with Crippen molar-refractivity contribution in [2.45, 2.75) is 38.0 Å². The summed E-state index contributed by atoms with van der Waals surface area (Å²) < 4.78 is 5.07. The second kappa shape index (κ2) is 5.66. The van der Waals surface area contributed by atoms with E-state index in [0.29, 0.717) is 5.92 Å². The lowest BCUT2D eigenvalue weighted by molar-refractivity contribution is 0.184. The largest absolute Gasteiger partial charge is 0.385 e. The van der Waals surface area contributed by atoms with E-state index in [-0.39, 0.29) is 5.38 Å². The fourth-order valence-electron chi connectivity index (χ4n) is 1.79. The zero-order chi connectivity index (χ0) is 9.68. The molecule has 0 radical (unpaired) electrons. The zero-order valence-corrected chi connectivity index (χ0v) is 9.31. The van der Waals surface area contributed by atoms with Crippen LogP contribution in [0.25, 0.3) is 0 Å². The molecule has 0 N–H and O–H groups in total. The molecule has 0 spiro atoms. The van der Waals surface area contributed by atoms with E-state index in [1.54, 1.807) is 7.11 Å². The summed E-state index contributed by atoms with van der Waals surface area (Å²) in [6, 6.07) is 0. The molecule has 0 amide bonds. The maximum absolute atomic E-state index is 6.08. The van der Waals surface area contributed by atoms with Crippen LogP contribution in [0, 0.1) is 5.92 Å². The summed E-state index contributed by atoms with van der Waals surface area (Å²) in [6.07, 6.45) is 6.98. The van der Waals surface area contributed by atoms with Crippen LogP contribution in [0.4, 0.5) is 0 Å². The van der Waals surface area contributed by atoms with Gasteiger partial charge in [0.2, 0.25) is 0 Å². The van der Waals surface area contributed by atoms with Crippen molar-refractivity contribution in [2.75, 3.05) is 13.7 Å². The molecule has 76 valence electrons. The van der Waals surface area contributed by atoms with Gasteiger partial charge in [0.1, 0.15) is 0 Å². The quantitative estimate of drug-likeness (QED) is 0.502. The van der Waals surface area contributed by atoms with Crippen LogP contribution < -0.4 is 0 Å². The molecule has 0 aromatic carbocycles. The predicted molar refractivity (Wildman–Crippen MR) is 57.2 cm³/mol. The Balaban J connectivity index is 2.40. The molecule has 0 aromatic heterocycles. The van der Waals surface area contributed by atoms with Gasteiger partial charge in [-0.3, -0.25) is 0 Å². The second-order valence-electron chi connectivity index (χ2n) is 3.83. The lowest BCUT2D eigenvalue weighted by atomic mass is 9.88. The predicted octanol–water partition coefficient (Wildman–Crippen LogP) is 3.38. The first-order valence-electron chi connectivity index (χ1n) is 5.07. The lowest BCUT2D eigenvalue weighted by Crippen LogP contribution is -2.10. The first-order valence-corrected chi connectivity index (χ1v) is 5.51. The summed E-state index contributed by atoms with van der Waals surface area (Å²) in [5.74, 6) is 0.640. The third-order valence-corrected chi connectivity index (χ3v) is 3.07. The minimum absolute atomic E-state index is 0.272. The molecule has 1 aliphatic rings. The summed E-state index contributed by atoms with van der Waals surface area (Å²) in [6.45, 7) is 3.12. The molecule has 0 aliphatic heterocycles. The van der Waals surface area contributed by atoms with E-state index in [9.17, 15) is 0 Å². The first-order chi connectivity index (χ1) is 6.24. The molecular formula is C11H19ClO. The molecule has 0 heterocycles. The van der Waals surface area contributed by atoms with E-state index in [0.717, 1.165) is 19.4 Å². The van der Waals surface area contributed by atoms with Gasteiger partial charge < -0.3 is 4.74 Å². The van der Waals surface area contributed by atoms with Crippen molar-refractivity contribution < 1.29 is 4.74 Å². The third-order valence-electron chi connectivity index (χ3n) is 2.73. The average molecular weight is 203 g/mol. The fourth-order valence-corrected chi connectivity index (χ4v) is 2.11. The van der Waals surface area contributed by atoms with Gasteiger partial charge in [-0.2, -0.15) is 0 Å². The lowest BCUT2D eigenvalue weighted by Gasteiger charge is -2.21. The number of rotatable bonds is 4. The molecule has 0 fully saturated rings. The van der Waals surface area contributed by atoms with E-state index in [2.05, 4.69) is 13.0 Å². The Bertz CT molecular complexity index is 177. The molecule has 1 aliphatic carbocycles. The van der Waals surface area contributed by atoms with Crippen LogP contribution in [0.2, 0.25) is 0 Å². The van der Waals surface area contributed by atoms with E-state index in [1.165, 1.54) is 18.4 Å². The maximum atomic E-state index is 6.08. The molecular weight excluding hydrogens is 184 g/mol. The van der Waals surface area contributed by atoms with Crippen molar-refractivity contribution in [3.05, 3.63) is 11.6 Å². The maximum Gasteiger partial charge on any atom is 0.0518 e. The highest BCUT2D eigenvalue weighted by molar-refractivity contribution is 6.21. The van der Waals surface area contributed by atoms with Gasteiger partial charge in [0.25, 0.3) is 0 Å². The average Bonchev–Trinajstić information content (AvgIpc) is 2.14. The molecule has 0 saturated carbocycles. The van der Waals surface area contributed by atoms with Crippen molar-refractivity contribution in [1.82, 2.24) is 0 Å². The van der Waals surface area contributed by atoms with Gasteiger partial charge in [-0.05, 0) is 31.6 Å². The number of hydrogen-bond donors (Lipinski definition) is 0. The Labute approximate surface area is 86.1 Å². The molecule has 2 heteroatoms. The van der Waals surface area contributed by atoms with Gasteiger partial charge in [-0.15, -0.1) is 11.6 Å². The van der Waals surface area contributed by atoms with Crippen LogP contribution in [0.5, 0.6) is 0 Å². The number of ether oxygens (including phenoxy) is 1. The Morgan fingerprint density at radius 1 is 1.69 bits per heavy atom. The van der Waals surface area contributed by atoms with E-state index in [1.807, 2.05) is 0 Å². The van der Waals surface area contributed by atoms with Gasteiger partial charge in [-0.25, -0.2) is 0 Å². The van der Waals surface area contributed by atoms with Crippen LogP contribution in [-0.2, 0) is 4.74 Å². The van der Waals surface area contributed by atoms with Crippen LogP contribution in [0.15, 0.2) is 11.6 Å². The SMILES string of the molecule is COCCC(C)C1=CC(Cl)CCC1. The first kappa shape index (κ1) is 11.1. The third kappa shape index (κ3) is 3.70. The van der Waals surface area contributed by atoms with Crippen molar-refractivity contribution in [3.63, 3.8) is 0 Å². The van der Waals surface area contributed by atoms with E-state index >= 15 is 0 Å². The molecule has 13 heavy (non-hydrogen) atoms. The van der Waals surface area contributed by atoms with Crippen LogP contribution >= 0.6 is 11.6 Å². The van der Waals surface area contributed by atoms with Crippen LogP contribution in [0.3, 0.4) is 0 Å². The van der Waals surface area contributed by atoms with Gasteiger partial charge in [-0.1, -0.05) is 18.6 Å². The topological polar surface area (TPSA) is 9.23 Å². The molecule has 0 aromatic rings. The monoisotopic (exact) mass is 202 g/mol. The van der Waals surface area contributed by atoms with Crippen molar-refractivity contribution in [3.8, 4) is 0 Å². The molecule has 0 bridgehead atoms. The number of halogens is 1. The van der Waals surface area contributed by atoms with E-state index < -0.39 is 0 Å². The van der Waals surface area contributed by atoms with E-state index in [4.69, 9.17) is 16.3 Å². The van der Waals surface area contributed by atoms with Gasteiger partial charge in [0, 0.05) is 13.7 Å². The molecule has 2 atom stereocenters. The number of methoxy groups -OCH3 is 1. The van der Waals surface area contributed by atoms with Gasteiger partial charge in [0.15, 0.2) is 0 Å². The number of allylic oxidation sites excluding steroid dienone is 2. The summed E-state index contributed by atoms with van der Waals surface area (Å²) in [5, 5.41) is 0.272. The molecule has 0 saturated heterocycles. The minimum Gasteiger partial charge on any atom is -0.385 e. The summed E-state index contributed by atoms with van der Waals surface area (Å²) in [7, 11) is 1.76. The Morgan fingerprint density at radius 3 is 3.08 bits per heavy atom. The second-order valence-corrected chi connectivity index (χ2v) is 4.39. The molecule has 1 rings (SSSR count). The molecule has 2 unspecified atom stereocenters. The van der Waals surface area contributed by atoms with Gasteiger partial charge in [0.05, 0.1) is 5.38 Å². The van der Waals surface area contributed by atoms with Crippen molar-refractivity contribution in [2.24, 2.45) is 5.92 Å². The Hall–Kier alpha value is -0.0100. The van der Waals surface area contributed by atoms with Crippen LogP contribution in [0.1, 0.15) is 32.6 Å².